The van der Waals surface area contributed by atoms with Gasteiger partial charge in [0.05, 0.1) is 10.6 Å². The Morgan fingerprint density at radius 2 is 1.96 bits per heavy atom. The third kappa shape index (κ3) is 4.87. The fourth-order valence-corrected chi connectivity index (χ4v) is 3.78. The number of thiazole rings is 1. The lowest BCUT2D eigenvalue weighted by atomic mass is 10.0. The smallest absolute Gasteiger partial charge is 0.298 e. The van der Waals surface area contributed by atoms with Crippen molar-refractivity contribution in [3.8, 4) is 11.3 Å². The summed E-state index contributed by atoms with van der Waals surface area (Å²) in [5, 5.41) is 15.8. The number of hydrogen-bond acceptors (Lipinski definition) is 6. The van der Waals surface area contributed by atoms with Crippen LogP contribution in [0.1, 0.15) is 30.2 Å². The van der Waals surface area contributed by atoms with Crippen LogP contribution < -0.4 is 5.32 Å². The van der Waals surface area contributed by atoms with Crippen LogP contribution in [0, 0.1) is 10.1 Å². The van der Waals surface area contributed by atoms with E-state index >= 15 is 0 Å². The van der Waals surface area contributed by atoms with Crippen molar-refractivity contribution in [3.05, 3.63) is 68.4 Å². The maximum absolute atomic E-state index is 12.0. The molecule has 0 aliphatic heterocycles. The highest BCUT2D eigenvalue weighted by molar-refractivity contribution is 7.16. The van der Waals surface area contributed by atoms with Crippen LogP contribution in [0.5, 0.6) is 0 Å². The quantitative estimate of drug-likeness (QED) is 0.334. The van der Waals surface area contributed by atoms with Crippen LogP contribution in [0.3, 0.4) is 0 Å². The Kier molecular flexibility index (Phi) is 5.78. The number of amides is 1. The van der Waals surface area contributed by atoms with E-state index < -0.39 is 4.92 Å². The maximum Gasteiger partial charge on any atom is 0.324 e. The molecule has 6 nitrogen and oxygen atoms in total. The summed E-state index contributed by atoms with van der Waals surface area (Å²) < 4.78 is 0. The number of nitro groups is 1. The fourth-order valence-electron chi connectivity index (χ4n) is 2.34. The fraction of sp³-hybridized carbons (Fsp3) is 0.158. The number of rotatable bonds is 6. The van der Waals surface area contributed by atoms with Crippen molar-refractivity contribution in [2.45, 2.75) is 19.8 Å². The third-order valence-electron chi connectivity index (χ3n) is 3.80. The van der Waals surface area contributed by atoms with Gasteiger partial charge in [-0.05, 0) is 23.6 Å². The first-order chi connectivity index (χ1) is 12.9. The Morgan fingerprint density at radius 1 is 1.22 bits per heavy atom. The molecule has 0 saturated carbocycles. The largest absolute Gasteiger partial charge is 0.324 e. The molecule has 27 heavy (non-hydrogen) atoms. The van der Waals surface area contributed by atoms with Gasteiger partial charge in [-0.1, -0.05) is 49.4 Å². The zero-order valence-corrected chi connectivity index (χ0v) is 16.3. The number of aromatic nitrogens is 1. The number of thiophene rings is 1. The van der Waals surface area contributed by atoms with Crippen LogP contribution >= 0.6 is 22.7 Å². The Balaban J connectivity index is 1.63. The van der Waals surface area contributed by atoms with Crippen molar-refractivity contribution in [1.82, 2.24) is 4.98 Å². The Morgan fingerprint density at radius 3 is 2.59 bits per heavy atom. The number of nitrogens with zero attached hydrogens (tertiary/aromatic N) is 2. The van der Waals surface area contributed by atoms with E-state index in [9.17, 15) is 14.9 Å². The molecule has 3 rings (SSSR count). The SMILES string of the molecule is CC(C)c1ccc(-c2csc(NC(=O)C=Cc3ccc([N+](=O)[O-])s3)n2)cc1. The molecule has 1 amide bonds. The molecular weight excluding hydrogens is 382 g/mol. The summed E-state index contributed by atoms with van der Waals surface area (Å²) in [7, 11) is 0. The predicted molar refractivity (Wildman–Crippen MR) is 110 cm³/mol. The van der Waals surface area contributed by atoms with E-state index in [1.807, 2.05) is 17.5 Å². The summed E-state index contributed by atoms with van der Waals surface area (Å²) in [5.74, 6) is 0.142. The normalized spacial score (nSPS) is 11.2. The lowest BCUT2D eigenvalue weighted by Crippen LogP contribution is -2.07. The van der Waals surface area contributed by atoms with E-state index in [1.165, 1.54) is 29.0 Å². The van der Waals surface area contributed by atoms with Crippen molar-refractivity contribution >= 4 is 44.8 Å². The summed E-state index contributed by atoms with van der Waals surface area (Å²) in [5.41, 5.74) is 3.07. The minimum absolute atomic E-state index is 0.0445. The van der Waals surface area contributed by atoms with Gasteiger partial charge in [0.2, 0.25) is 5.91 Å². The van der Waals surface area contributed by atoms with Crippen molar-refractivity contribution in [2.75, 3.05) is 5.32 Å². The standard InChI is InChI=1S/C19H17N3O3S2/c1-12(2)13-3-5-14(6-4-13)16-11-26-19(20-16)21-17(23)9-7-15-8-10-18(27-15)22(24)25/h3-12H,1-2H3,(H,20,21,23). The highest BCUT2D eigenvalue weighted by Gasteiger charge is 2.09. The van der Waals surface area contributed by atoms with Gasteiger partial charge in [-0.3, -0.25) is 20.2 Å². The van der Waals surface area contributed by atoms with Gasteiger partial charge in [0.15, 0.2) is 5.13 Å². The van der Waals surface area contributed by atoms with E-state index in [2.05, 4.69) is 36.3 Å². The highest BCUT2D eigenvalue weighted by atomic mass is 32.1. The molecule has 0 unspecified atom stereocenters. The second-order valence-electron chi connectivity index (χ2n) is 6.07. The van der Waals surface area contributed by atoms with Crippen molar-refractivity contribution in [3.63, 3.8) is 0 Å². The summed E-state index contributed by atoms with van der Waals surface area (Å²) in [6.07, 6.45) is 2.89. The minimum Gasteiger partial charge on any atom is -0.298 e. The lowest BCUT2D eigenvalue weighted by molar-refractivity contribution is -0.380. The number of hydrogen-bond donors (Lipinski definition) is 1. The molecule has 2 aromatic heterocycles. The van der Waals surface area contributed by atoms with Crippen LogP contribution in [0.4, 0.5) is 10.1 Å². The van der Waals surface area contributed by atoms with Gasteiger partial charge in [0.25, 0.3) is 0 Å². The average Bonchev–Trinajstić information content (AvgIpc) is 3.29. The molecule has 0 atom stereocenters. The second kappa shape index (κ2) is 8.24. The van der Waals surface area contributed by atoms with Gasteiger partial charge >= 0.3 is 5.00 Å². The zero-order valence-electron chi connectivity index (χ0n) is 14.7. The monoisotopic (exact) mass is 399 g/mol. The molecule has 0 bridgehead atoms. The predicted octanol–water partition coefficient (Wildman–Crippen LogP) is 5.56. The number of anilines is 1. The summed E-state index contributed by atoms with van der Waals surface area (Å²) >= 11 is 2.36. The van der Waals surface area contributed by atoms with E-state index in [0.29, 0.717) is 15.9 Å². The van der Waals surface area contributed by atoms with E-state index in [1.54, 1.807) is 12.1 Å². The van der Waals surface area contributed by atoms with E-state index in [-0.39, 0.29) is 10.9 Å². The molecule has 0 fully saturated rings. The van der Waals surface area contributed by atoms with Crippen LogP contribution in [0.25, 0.3) is 17.3 Å². The molecule has 3 aromatic rings. The first kappa shape index (κ1) is 18.9. The van der Waals surface area contributed by atoms with Gasteiger partial charge < -0.3 is 0 Å². The van der Waals surface area contributed by atoms with Gasteiger partial charge in [-0.15, -0.1) is 11.3 Å². The van der Waals surface area contributed by atoms with Gasteiger partial charge in [-0.2, -0.15) is 0 Å². The van der Waals surface area contributed by atoms with Crippen molar-refractivity contribution in [1.29, 1.82) is 0 Å². The van der Waals surface area contributed by atoms with Crippen LogP contribution in [-0.4, -0.2) is 15.8 Å². The third-order valence-corrected chi connectivity index (χ3v) is 5.56. The van der Waals surface area contributed by atoms with Crippen LogP contribution in [-0.2, 0) is 4.79 Å². The Hall–Kier alpha value is -2.84. The zero-order chi connectivity index (χ0) is 19.4. The second-order valence-corrected chi connectivity index (χ2v) is 8.02. The van der Waals surface area contributed by atoms with Crippen LogP contribution in [0.15, 0.2) is 47.9 Å². The van der Waals surface area contributed by atoms with Gasteiger partial charge in [0.1, 0.15) is 0 Å². The van der Waals surface area contributed by atoms with E-state index in [0.717, 1.165) is 22.6 Å². The first-order valence-electron chi connectivity index (χ1n) is 8.21. The summed E-state index contributed by atoms with van der Waals surface area (Å²) in [4.78, 5) is 27.3. The maximum atomic E-state index is 12.0. The molecule has 1 N–H and O–H groups in total. The molecule has 0 radical (unpaired) electrons. The number of carbonyl (C=O) groups is 1. The molecule has 138 valence electrons. The number of nitrogens with one attached hydrogen (secondary N) is 1. The van der Waals surface area contributed by atoms with Gasteiger partial charge in [0, 0.05) is 28.0 Å². The average molecular weight is 399 g/mol. The number of carbonyl (C=O) groups excluding carboxylic acids is 1. The lowest BCUT2D eigenvalue weighted by Gasteiger charge is -2.05. The molecule has 1 aromatic carbocycles. The number of benzene rings is 1. The molecule has 0 saturated heterocycles. The highest BCUT2D eigenvalue weighted by Crippen LogP contribution is 2.27. The first-order valence-corrected chi connectivity index (χ1v) is 9.91. The van der Waals surface area contributed by atoms with Gasteiger partial charge in [-0.25, -0.2) is 4.98 Å². The Labute approximate surface area is 164 Å². The molecule has 2 heterocycles. The minimum atomic E-state index is -0.452. The topological polar surface area (TPSA) is 85.1 Å². The van der Waals surface area contributed by atoms with Crippen molar-refractivity contribution in [2.24, 2.45) is 0 Å². The summed E-state index contributed by atoms with van der Waals surface area (Å²) in [6, 6.07) is 11.2. The molecule has 0 aliphatic rings. The molecule has 0 spiro atoms. The molecule has 8 heteroatoms. The summed E-state index contributed by atoms with van der Waals surface area (Å²) in [6.45, 7) is 4.29. The molecule has 0 aliphatic carbocycles. The van der Waals surface area contributed by atoms with Crippen molar-refractivity contribution < 1.29 is 9.72 Å². The van der Waals surface area contributed by atoms with Crippen LogP contribution in [0.2, 0.25) is 0 Å². The Bertz CT molecular complexity index is 988. The molecular formula is C19H17N3O3S2. The van der Waals surface area contributed by atoms with E-state index in [4.69, 9.17) is 0 Å².